The summed E-state index contributed by atoms with van der Waals surface area (Å²) in [5.41, 5.74) is 0.833. The van der Waals surface area contributed by atoms with E-state index < -0.39 is 6.10 Å². The lowest BCUT2D eigenvalue weighted by Gasteiger charge is -2.16. The predicted octanol–water partition coefficient (Wildman–Crippen LogP) is 2.18. The Balaban J connectivity index is 1.41. The molecule has 8 nitrogen and oxygen atoms in total. The van der Waals surface area contributed by atoms with Crippen LogP contribution < -0.4 is 15.0 Å². The normalized spacial score (nSPS) is 22.3. The van der Waals surface area contributed by atoms with Gasteiger partial charge >= 0.3 is 0 Å². The molecule has 2 amide bonds. The van der Waals surface area contributed by atoms with Gasteiger partial charge in [-0.1, -0.05) is 11.3 Å². The third kappa shape index (κ3) is 3.79. The molecule has 2 aliphatic heterocycles. The third-order valence-corrected chi connectivity index (χ3v) is 5.75. The zero-order valence-electron chi connectivity index (χ0n) is 14.9. The number of hydrogen-bond acceptors (Lipinski definition) is 7. The molecule has 0 radical (unpaired) electrons. The highest BCUT2D eigenvalue weighted by atomic mass is 32.1. The Morgan fingerprint density at radius 3 is 2.85 bits per heavy atom. The second kappa shape index (κ2) is 7.61. The summed E-state index contributed by atoms with van der Waals surface area (Å²) in [6.45, 7) is 1.16. The fourth-order valence-corrected chi connectivity index (χ4v) is 4.14. The summed E-state index contributed by atoms with van der Waals surface area (Å²) in [7, 11) is 1.61. The molecule has 0 aliphatic carbocycles. The number of carbonyl (C=O) groups is 2. The molecule has 142 valence electrons. The van der Waals surface area contributed by atoms with Crippen LogP contribution in [0.1, 0.15) is 30.2 Å². The topological polar surface area (TPSA) is 93.7 Å². The lowest BCUT2D eigenvalue weighted by Crippen LogP contribution is -2.26. The van der Waals surface area contributed by atoms with Crippen LogP contribution >= 0.6 is 11.3 Å². The van der Waals surface area contributed by atoms with Crippen molar-refractivity contribution < 1.29 is 19.1 Å². The first-order valence-corrected chi connectivity index (χ1v) is 9.66. The Hall–Kier alpha value is -2.52. The average Bonchev–Trinajstić information content (AvgIpc) is 3.42. The van der Waals surface area contributed by atoms with E-state index in [4.69, 9.17) is 9.47 Å². The highest BCUT2D eigenvalue weighted by Crippen LogP contribution is 2.34. The number of aromatic nitrogens is 2. The Kier molecular flexibility index (Phi) is 5.04. The predicted molar refractivity (Wildman–Crippen MR) is 100 cm³/mol. The van der Waals surface area contributed by atoms with Crippen LogP contribution in [-0.2, 0) is 14.3 Å². The summed E-state index contributed by atoms with van der Waals surface area (Å²) in [5.74, 6) is 0.575. The molecule has 2 saturated heterocycles. The number of nitrogens with one attached hydrogen (secondary N) is 1. The summed E-state index contributed by atoms with van der Waals surface area (Å²) in [6, 6.07) is 7.40. The van der Waals surface area contributed by atoms with Gasteiger partial charge in [0.15, 0.2) is 0 Å². The van der Waals surface area contributed by atoms with Gasteiger partial charge in [-0.2, -0.15) is 0 Å². The molecule has 0 spiro atoms. The zero-order valence-corrected chi connectivity index (χ0v) is 15.7. The molecule has 2 aliphatic rings. The number of rotatable bonds is 5. The smallest absolute Gasteiger partial charge is 0.255 e. The molecule has 4 rings (SSSR count). The van der Waals surface area contributed by atoms with Crippen molar-refractivity contribution in [1.82, 2.24) is 10.2 Å². The number of hydrogen-bond donors (Lipinski definition) is 1. The first-order valence-electron chi connectivity index (χ1n) is 8.84. The first kappa shape index (κ1) is 17.9. The fourth-order valence-electron chi connectivity index (χ4n) is 3.31. The third-order valence-electron chi connectivity index (χ3n) is 4.75. The molecular formula is C18H20N4O4S. The van der Waals surface area contributed by atoms with Crippen molar-refractivity contribution in [2.45, 2.75) is 31.3 Å². The SMILES string of the molecule is COc1ccc(N2CC(c3nnc(NC(=O)C4CCCO4)s3)CC2=O)cc1. The van der Waals surface area contributed by atoms with Crippen LogP contribution in [0, 0.1) is 0 Å². The number of nitrogens with zero attached hydrogens (tertiary/aromatic N) is 3. The van der Waals surface area contributed by atoms with Crippen LogP contribution in [0.5, 0.6) is 5.75 Å². The Bertz CT molecular complexity index is 832. The minimum Gasteiger partial charge on any atom is -0.497 e. The summed E-state index contributed by atoms with van der Waals surface area (Å²) in [4.78, 5) is 26.3. The number of methoxy groups -OCH3 is 1. The van der Waals surface area contributed by atoms with Crippen molar-refractivity contribution >= 4 is 34.0 Å². The van der Waals surface area contributed by atoms with Gasteiger partial charge in [0.2, 0.25) is 11.0 Å². The quantitative estimate of drug-likeness (QED) is 0.844. The van der Waals surface area contributed by atoms with Crippen molar-refractivity contribution in [1.29, 1.82) is 0 Å². The fraction of sp³-hybridized carbons (Fsp3) is 0.444. The van der Waals surface area contributed by atoms with E-state index in [2.05, 4.69) is 15.5 Å². The van der Waals surface area contributed by atoms with Gasteiger partial charge in [-0.05, 0) is 37.1 Å². The number of benzene rings is 1. The second-order valence-corrected chi connectivity index (χ2v) is 7.55. The van der Waals surface area contributed by atoms with E-state index in [9.17, 15) is 9.59 Å². The van der Waals surface area contributed by atoms with Crippen LogP contribution in [-0.4, -0.2) is 48.4 Å². The van der Waals surface area contributed by atoms with Crippen LogP contribution in [0.15, 0.2) is 24.3 Å². The van der Waals surface area contributed by atoms with Crippen molar-refractivity contribution in [2.24, 2.45) is 0 Å². The monoisotopic (exact) mass is 388 g/mol. The van der Waals surface area contributed by atoms with E-state index >= 15 is 0 Å². The van der Waals surface area contributed by atoms with Crippen molar-refractivity contribution in [3.8, 4) is 5.75 Å². The molecule has 27 heavy (non-hydrogen) atoms. The Labute approximate surface area is 160 Å². The van der Waals surface area contributed by atoms with E-state index in [0.29, 0.717) is 24.7 Å². The molecule has 3 heterocycles. The molecule has 2 atom stereocenters. The number of ether oxygens (including phenoxy) is 2. The lowest BCUT2D eigenvalue weighted by molar-refractivity contribution is -0.124. The van der Waals surface area contributed by atoms with Crippen molar-refractivity contribution in [3.63, 3.8) is 0 Å². The molecule has 2 fully saturated rings. The molecule has 0 bridgehead atoms. The summed E-state index contributed by atoms with van der Waals surface area (Å²) in [6.07, 6.45) is 1.59. The number of anilines is 2. The maximum absolute atomic E-state index is 12.4. The highest BCUT2D eigenvalue weighted by Gasteiger charge is 2.34. The minimum atomic E-state index is -0.407. The summed E-state index contributed by atoms with van der Waals surface area (Å²) >= 11 is 1.31. The number of carbonyl (C=O) groups excluding carboxylic acids is 2. The van der Waals surface area contributed by atoms with Crippen LogP contribution in [0.2, 0.25) is 0 Å². The van der Waals surface area contributed by atoms with E-state index in [1.807, 2.05) is 24.3 Å². The largest absolute Gasteiger partial charge is 0.497 e. The van der Waals surface area contributed by atoms with Crippen molar-refractivity contribution in [2.75, 3.05) is 30.5 Å². The van der Waals surface area contributed by atoms with Gasteiger partial charge in [0.25, 0.3) is 5.91 Å². The van der Waals surface area contributed by atoms with Crippen molar-refractivity contribution in [3.05, 3.63) is 29.3 Å². The van der Waals surface area contributed by atoms with Crippen LogP contribution in [0.3, 0.4) is 0 Å². The Morgan fingerprint density at radius 2 is 2.15 bits per heavy atom. The van der Waals surface area contributed by atoms with E-state index in [1.54, 1.807) is 12.0 Å². The molecule has 1 aromatic heterocycles. The molecule has 0 saturated carbocycles. The standard InChI is InChI=1S/C18H20N4O4S/c1-25-13-6-4-12(5-7-13)22-10-11(9-15(22)23)17-20-21-18(27-17)19-16(24)14-3-2-8-26-14/h4-7,11,14H,2-3,8-10H2,1H3,(H,19,21,24). The number of amides is 2. The van der Waals surface area contributed by atoms with E-state index in [0.717, 1.165) is 29.3 Å². The van der Waals surface area contributed by atoms with Crippen LogP contribution in [0.25, 0.3) is 0 Å². The lowest BCUT2D eigenvalue weighted by atomic mass is 10.1. The molecule has 9 heteroatoms. The first-order chi connectivity index (χ1) is 13.1. The Morgan fingerprint density at radius 1 is 1.33 bits per heavy atom. The minimum absolute atomic E-state index is 0.0366. The molecule has 2 unspecified atom stereocenters. The van der Waals surface area contributed by atoms with Gasteiger partial charge in [0, 0.05) is 31.2 Å². The second-order valence-electron chi connectivity index (χ2n) is 6.54. The van der Waals surface area contributed by atoms with Gasteiger partial charge in [0.05, 0.1) is 7.11 Å². The molecule has 1 aromatic carbocycles. The molecule has 1 N–H and O–H groups in total. The average molecular weight is 388 g/mol. The summed E-state index contributed by atoms with van der Waals surface area (Å²) in [5, 5.41) is 12.2. The molecule has 2 aromatic rings. The van der Waals surface area contributed by atoms with Gasteiger partial charge in [-0.25, -0.2) is 0 Å². The maximum atomic E-state index is 12.4. The highest BCUT2D eigenvalue weighted by molar-refractivity contribution is 7.15. The maximum Gasteiger partial charge on any atom is 0.255 e. The summed E-state index contributed by atoms with van der Waals surface area (Å²) < 4.78 is 10.5. The van der Waals surface area contributed by atoms with Gasteiger partial charge in [0.1, 0.15) is 16.9 Å². The zero-order chi connectivity index (χ0) is 18.8. The van der Waals surface area contributed by atoms with E-state index in [1.165, 1.54) is 11.3 Å². The van der Waals surface area contributed by atoms with Gasteiger partial charge < -0.3 is 14.4 Å². The molecular weight excluding hydrogens is 368 g/mol. The van der Waals surface area contributed by atoms with Gasteiger partial charge in [-0.15, -0.1) is 10.2 Å². The van der Waals surface area contributed by atoms with Gasteiger partial charge in [-0.3, -0.25) is 14.9 Å². The van der Waals surface area contributed by atoms with Crippen LogP contribution in [0.4, 0.5) is 10.8 Å². The van der Waals surface area contributed by atoms with E-state index in [-0.39, 0.29) is 17.7 Å².